The van der Waals surface area contributed by atoms with Crippen LogP contribution in [0.25, 0.3) is 11.2 Å². The van der Waals surface area contributed by atoms with Gasteiger partial charge in [-0.15, -0.1) is 0 Å². The van der Waals surface area contributed by atoms with Crippen LogP contribution in [0.4, 0.5) is 5.95 Å². The van der Waals surface area contributed by atoms with Crippen LogP contribution in [0.5, 0.6) is 0 Å². The summed E-state index contributed by atoms with van der Waals surface area (Å²) in [6.07, 6.45) is 0. The van der Waals surface area contributed by atoms with Gasteiger partial charge in [0.1, 0.15) is 5.52 Å². The van der Waals surface area contributed by atoms with Crippen LogP contribution in [0.2, 0.25) is 0 Å². The first-order valence-electron chi connectivity index (χ1n) is 6.24. The predicted octanol–water partition coefficient (Wildman–Crippen LogP) is 1.58. The topological polar surface area (TPSA) is 85.5 Å². The van der Waals surface area contributed by atoms with Gasteiger partial charge < -0.3 is 5.73 Å². The van der Waals surface area contributed by atoms with Crippen LogP contribution in [0.15, 0.2) is 24.3 Å². The van der Waals surface area contributed by atoms with Gasteiger partial charge in [-0.05, 0) is 24.6 Å². The average molecular weight is 266 g/mol. The standard InChI is InChI=1S/C14H14N6/c1-9-12-13(19(2)18-9)20(14(16)17-12)8-11-5-3-10(7-15)4-6-11/h3-6H,8H2,1-2H3,(H2,16,17). The maximum absolute atomic E-state index is 8.81. The first-order chi connectivity index (χ1) is 9.60. The number of hydrogen-bond donors (Lipinski definition) is 1. The van der Waals surface area contributed by atoms with E-state index in [4.69, 9.17) is 11.0 Å². The largest absolute Gasteiger partial charge is 0.369 e. The summed E-state index contributed by atoms with van der Waals surface area (Å²) in [6, 6.07) is 9.56. The summed E-state index contributed by atoms with van der Waals surface area (Å²) in [4.78, 5) is 4.37. The summed E-state index contributed by atoms with van der Waals surface area (Å²) in [5.41, 5.74) is 10.3. The molecule has 6 heteroatoms. The molecule has 100 valence electrons. The Labute approximate surface area is 116 Å². The van der Waals surface area contributed by atoms with Gasteiger partial charge in [0.05, 0.1) is 23.9 Å². The molecule has 0 aliphatic heterocycles. The highest BCUT2D eigenvalue weighted by Crippen LogP contribution is 2.21. The minimum Gasteiger partial charge on any atom is -0.369 e. The third-order valence-electron chi connectivity index (χ3n) is 3.34. The molecule has 0 saturated heterocycles. The maximum Gasteiger partial charge on any atom is 0.202 e. The zero-order valence-electron chi connectivity index (χ0n) is 11.3. The van der Waals surface area contributed by atoms with E-state index in [9.17, 15) is 0 Å². The zero-order chi connectivity index (χ0) is 14.3. The first kappa shape index (κ1) is 12.2. The molecular weight excluding hydrogens is 252 g/mol. The summed E-state index contributed by atoms with van der Waals surface area (Å²) in [5.74, 6) is 0.473. The monoisotopic (exact) mass is 266 g/mol. The van der Waals surface area contributed by atoms with Crippen LogP contribution in [0.1, 0.15) is 16.8 Å². The lowest BCUT2D eigenvalue weighted by Gasteiger charge is -2.07. The Bertz CT molecular complexity index is 816. The fourth-order valence-corrected chi connectivity index (χ4v) is 2.37. The van der Waals surface area contributed by atoms with E-state index in [1.54, 1.807) is 16.8 Å². The van der Waals surface area contributed by atoms with Crippen molar-refractivity contribution in [3.8, 4) is 6.07 Å². The Morgan fingerprint density at radius 2 is 2.00 bits per heavy atom. The second-order valence-electron chi connectivity index (χ2n) is 4.75. The molecule has 0 saturated carbocycles. The van der Waals surface area contributed by atoms with E-state index in [0.717, 1.165) is 22.4 Å². The smallest absolute Gasteiger partial charge is 0.202 e. The van der Waals surface area contributed by atoms with Gasteiger partial charge in [0.15, 0.2) is 5.65 Å². The van der Waals surface area contributed by atoms with Gasteiger partial charge in [-0.3, -0.25) is 9.25 Å². The Hall–Kier alpha value is -2.81. The molecule has 2 aromatic heterocycles. The van der Waals surface area contributed by atoms with Crippen LogP contribution in [-0.4, -0.2) is 19.3 Å². The van der Waals surface area contributed by atoms with Crippen LogP contribution in [0, 0.1) is 18.3 Å². The van der Waals surface area contributed by atoms with Gasteiger partial charge in [0.2, 0.25) is 5.95 Å². The number of aromatic nitrogens is 4. The lowest BCUT2D eigenvalue weighted by atomic mass is 10.1. The number of nitriles is 1. The number of hydrogen-bond acceptors (Lipinski definition) is 4. The van der Waals surface area contributed by atoms with E-state index < -0.39 is 0 Å². The van der Waals surface area contributed by atoms with Gasteiger partial charge in [-0.2, -0.15) is 10.4 Å². The molecule has 6 nitrogen and oxygen atoms in total. The fraction of sp³-hybridized carbons (Fsp3) is 0.214. The number of aryl methyl sites for hydroxylation is 2. The lowest BCUT2D eigenvalue weighted by Crippen LogP contribution is -2.08. The maximum atomic E-state index is 8.81. The van der Waals surface area contributed by atoms with Gasteiger partial charge >= 0.3 is 0 Å². The Balaban J connectivity index is 2.05. The molecule has 0 atom stereocenters. The summed E-state index contributed by atoms with van der Waals surface area (Å²) < 4.78 is 3.72. The molecule has 0 aliphatic rings. The van der Waals surface area contributed by atoms with Gasteiger partial charge in [-0.1, -0.05) is 12.1 Å². The molecule has 1 aromatic carbocycles. The molecule has 0 unspecified atom stereocenters. The van der Waals surface area contributed by atoms with Gasteiger partial charge in [0, 0.05) is 7.05 Å². The molecule has 2 heterocycles. The number of nitrogens with zero attached hydrogens (tertiary/aromatic N) is 5. The summed E-state index contributed by atoms with van der Waals surface area (Å²) >= 11 is 0. The highest BCUT2D eigenvalue weighted by molar-refractivity contribution is 5.77. The van der Waals surface area contributed by atoms with Crippen LogP contribution in [-0.2, 0) is 13.6 Å². The van der Waals surface area contributed by atoms with Crippen molar-refractivity contribution in [2.24, 2.45) is 7.05 Å². The van der Waals surface area contributed by atoms with E-state index in [1.807, 2.05) is 30.7 Å². The molecule has 0 aliphatic carbocycles. The van der Waals surface area contributed by atoms with E-state index >= 15 is 0 Å². The molecule has 0 bridgehead atoms. The Kier molecular flexibility index (Phi) is 2.68. The SMILES string of the molecule is Cc1nn(C)c2c1nc(N)n2Cc1ccc(C#N)cc1. The number of imidazole rings is 1. The second kappa shape index (κ2) is 4.38. The third-order valence-corrected chi connectivity index (χ3v) is 3.34. The molecule has 0 radical (unpaired) electrons. The van der Waals surface area contributed by atoms with Crippen molar-refractivity contribution in [2.45, 2.75) is 13.5 Å². The van der Waals surface area contributed by atoms with Crippen molar-refractivity contribution in [1.29, 1.82) is 5.26 Å². The van der Waals surface area contributed by atoms with Crippen molar-refractivity contribution >= 4 is 17.1 Å². The molecule has 2 N–H and O–H groups in total. The van der Waals surface area contributed by atoms with Crippen LogP contribution >= 0.6 is 0 Å². The molecular formula is C14H14N6. The minimum atomic E-state index is 0.473. The molecule has 3 aromatic rings. The normalized spacial score (nSPS) is 10.8. The van der Waals surface area contributed by atoms with Gasteiger partial charge in [0.25, 0.3) is 0 Å². The van der Waals surface area contributed by atoms with Crippen molar-refractivity contribution in [1.82, 2.24) is 19.3 Å². The number of benzene rings is 1. The van der Waals surface area contributed by atoms with Crippen molar-refractivity contribution in [3.05, 3.63) is 41.1 Å². The Morgan fingerprint density at radius 1 is 1.30 bits per heavy atom. The number of nitrogen functional groups attached to an aromatic ring is 1. The zero-order valence-corrected chi connectivity index (χ0v) is 11.3. The van der Waals surface area contributed by atoms with E-state index in [2.05, 4.69) is 16.2 Å². The van der Waals surface area contributed by atoms with E-state index in [0.29, 0.717) is 18.1 Å². The van der Waals surface area contributed by atoms with Crippen molar-refractivity contribution < 1.29 is 0 Å². The van der Waals surface area contributed by atoms with Crippen LogP contribution in [0.3, 0.4) is 0 Å². The van der Waals surface area contributed by atoms with Crippen molar-refractivity contribution in [3.63, 3.8) is 0 Å². The number of fused-ring (bicyclic) bond motifs is 1. The predicted molar refractivity (Wildman–Crippen MR) is 75.9 cm³/mol. The fourth-order valence-electron chi connectivity index (χ4n) is 2.37. The number of nitrogens with two attached hydrogens (primary N) is 1. The highest BCUT2D eigenvalue weighted by atomic mass is 15.3. The Morgan fingerprint density at radius 3 is 2.65 bits per heavy atom. The molecule has 3 rings (SSSR count). The lowest BCUT2D eigenvalue weighted by molar-refractivity contribution is 0.726. The first-order valence-corrected chi connectivity index (χ1v) is 6.24. The molecule has 0 fully saturated rings. The molecule has 20 heavy (non-hydrogen) atoms. The molecule has 0 spiro atoms. The highest BCUT2D eigenvalue weighted by Gasteiger charge is 2.15. The van der Waals surface area contributed by atoms with E-state index in [1.165, 1.54) is 0 Å². The quantitative estimate of drug-likeness (QED) is 0.763. The number of anilines is 1. The van der Waals surface area contributed by atoms with Crippen molar-refractivity contribution in [2.75, 3.05) is 5.73 Å². The molecule has 0 amide bonds. The third kappa shape index (κ3) is 1.80. The van der Waals surface area contributed by atoms with Gasteiger partial charge in [-0.25, -0.2) is 4.98 Å². The number of rotatable bonds is 2. The van der Waals surface area contributed by atoms with Crippen LogP contribution < -0.4 is 5.73 Å². The second-order valence-corrected chi connectivity index (χ2v) is 4.75. The minimum absolute atomic E-state index is 0.473. The average Bonchev–Trinajstić information content (AvgIpc) is 2.90. The summed E-state index contributed by atoms with van der Waals surface area (Å²) in [5, 5.41) is 13.2. The summed E-state index contributed by atoms with van der Waals surface area (Å²) in [6.45, 7) is 2.52. The summed E-state index contributed by atoms with van der Waals surface area (Å²) in [7, 11) is 1.88. The van der Waals surface area contributed by atoms with E-state index in [-0.39, 0.29) is 0 Å².